The van der Waals surface area contributed by atoms with Crippen molar-refractivity contribution in [2.24, 2.45) is 0 Å². The zero-order chi connectivity index (χ0) is 42.5. The predicted molar refractivity (Wildman–Crippen MR) is 219 cm³/mol. The molecular formula is C44H43FN10O6. The maximum Gasteiger partial charge on any atom is 0.408 e. The molecule has 3 aromatic carbocycles. The second-order valence-electron chi connectivity index (χ2n) is 14.7. The Bertz CT molecular complexity index is 2510. The van der Waals surface area contributed by atoms with E-state index in [1.54, 1.807) is 95.3 Å². The van der Waals surface area contributed by atoms with Gasteiger partial charge in [0.1, 0.15) is 23.5 Å². The van der Waals surface area contributed by atoms with Crippen molar-refractivity contribution in [1.29, 1.82) is 0 Å². The maximum absolute atomic E-state index is 15.8. The molecule has 16 nitrogen and oxygen atoms in total. The Morgan fingerprint density at radius 3 is 1.92 bits per heavy atom. The van der Waals surface area contributed by atoms with Crippen molar-refractivity contribution in [1.82, 2.24) is 50.3 Å². The molecule has 3 aromatic heterocycles. The van der Waals surface area contributed by atoms with Crippen LogP contribution in [0.2, 0.25) is 0 Å². The van der Waals surface area contributed by atoms with Crippen molar-refractivity contribution in [3.63, 3.8) is 0 Å². The van der Waals surface area contributed by atoms with Crippen molar-refractivity contribution >= 4 is 24.0 Å². The number of alkyl carbamates (subject to hydrolysis) is 2. The molecule has 2 fully saturated rings. The summed E-state index contributed by atoms with van der Waals surface area (Å²) in [4.78, 5) is 80.2. The SMILES string of the molecule is CNC(=O)O[C@@H](C(=O)N1CCC[C@H]1c1ncc(-c2cnc(-c3ccc(-c4cnc([C@@H]5CCCN5C(=O)[C@H](NC(=O)OC)c5ccccc5)[nH]4)c(F)c3)nc2)[nH]1)c1ccccc1. The molecular weight excluding hydrogens is 784 g/mol. The average molecular weight is 827 g/mol. The van der Waals surface area contributed by atoms with Crippen LogP contribution >= 0.6 is 0 Å². The minimum atomic E-state index is -1.12. The number of aromatic nitrogens is 6. The third-order valence-electron chi connectivity index (χ3n) is 11.0. The molecule has 0 radical (unpaired) electrons. The number of nitrogens with one attached hydrogen (secondary N) is 4. The Morgan fingerprint density at radius 1 is 0.721 bits per heavy atom. The normalized spacial score (nSPS) is 17.1. The Labute approximate surface area is 349 Å². The highest BCUT2D eigenvalue weighted by atomic mass is 19.1. The van der Waals surface area contributed by atoms with Crippen LogP contribution in [0.25, 0.3) is 33.9 Å². The fourth-order valence-corrected chi connectivity index (χ4v) is 7.90. The molecule has 0 bridgehead atoms. The average Bonchev–Trinajstić information content (AvgIpc) is 4.15. The van der Waals surface area contributed by atoms with Crippen molar-refractivity contribution in [2.45, 2.75) is 49.9 Å². The Morgan fingerprint density at radius 2 is 1.31 bits per heavy atom. The molecule has 8 rings (SSSR count). The van der Waals surface area contributed by atoms with E-state index in [0.29, 0.717) is 77.0 Å². The molecule has 17 heteroatoms. The number of H-pyrrole nitrogens is 2. The van der Waals surface area contributed by atoms with Crippen LogP contribution in [-0.2, 0) is 19.1 Å². The summed E-state index contributed by atoms with van der Waals surface area (Å²) in [6.45, 7) is 0.935. The number of nitrogens with zero attached hydrogens (tertiary/aromatic N) is 6. The van der Waals surface area contributed by atoms with Gasteiger partial charge in [0.05, 0.1) is 43.0 Å². The van der Waals surface area contributed by atoms with Gasteiger partial charge in [0.25, 0.3) is 11.8 Å². The number of likely N-dealkylation sites (tertiary alicyclic amines) is 2. The highest BCUT2D eigenvalue weighted by Gasteiger charge is 2.39. The van der Waals surface area contributed by atoms with E-state index >= 15 is 4.39 Å². The highest BCUT2D eigenvalue weighted by Crippen LogP contribution is 2.37. The fourth-order valence-electron chi connectivity index (χ4n) is 7.90. The summed E-state index contributed by atoms with van der Waals surface area (Å²) in [6, 6.07) is 20.8. The van der Waals surface area contributed by atoms with Crippen LogP contribution in [-0.4, -0.2) is 91.0 Å². The summed E-state index contributed by atoms with van der Waals surface area (Å²) in [5.74, 6) is 0.232. The maximum atomic E-state index is 15.8. The largest absolute Gasteiger partial charge is 0.453 e. The van der Waals surface area contributed by atoms with E-state index in [4.69, 9.17) is 9.47 Å². The van der Waals surface area contributed by atoms with Gasteiger partial charge in [-0.3, -0.25) is 9.59 Å². The predicted octanol–water partition coefficient (Wildman–Crippen LogP) is 6.58. The van der Waals surface area contributed by atoms with Crippen LogP contribution in [0.3, 0.4) is 0 Å². The Balaban J connectivity index is 0.946. The van der Waals surface area contributed by atoms with Crippen LogP contribution in [0.15, 0.2) is 104 Å². The van der Waals surface area contributed by atoms with E-state index in [1.165, 1.54) is 20.2 Å². The van der Waals surface area contributed by atoms with E-state index in [0.717, 1.165) is 12.8 Å². The van der Waals surface area contributed by atoms with E-state index in [2.05, 4.69) is 40.5 Å². The molecule has 2 aliphatic heterocycles. The first kappa shape index (κ1) is 40.4. The number of methoxy groups -OCH3 is 1. The van der Waals surface area contributed by atoms with E-state index in [9.17, 15) is 19.2 Å². The van der Waals surface area contributed by atoms with E-state index in [-0.39, 0.29) is 23.4 Å². The number of amides is 4. The molecule has 2 aliphatic rings. The Hall–Kier alpha value is -7.43. The molecule has 0 spiro atoms. The zero-order valence-electron chi connectivity index (χ0n) is 33.4. The summed E-state index contributed by atoms with van der Waals surface area (Å²) in [7, 11) is 2.68. The first-order valence-corrected chi connectivity index (χ1v) is 19.9. The van der Waals surface area contributed by atoms with Crippen molar-refractivity contribution in [3.05, 3.63) is 132 Å². The lowest BCUT2D eigenvalue weighted by Gasteiger charge is -2.28. The molecule has 6 aromatic rings. The van der Waals surface area contributed by atoms with Crippen LogP contribution in [0.5, 0.6) is 0 Å². The number of hydrogen-bond acceptors (Lipinski definition) is 10. The van der Waals surface area contributed by atoms with Gasteiger partial charge in [-0.1, -0.05) is 66.7 Å². The number of imidazole rings is 2. The lowest BCUT2D eigenvalue weighted by atomic mass is 10.1. The third kappa shape index (κ3) is 8.53. The van der Waals surface area contributed by atoms with Crippen molar-refractivity contribution in [3.8, 4) is 33.9 Å². The minimum Gasteiger partial charge on any atom is -0.453 e. The highest BCUT2D eigenvalue weighted by molar-refractivity contribution is 5.87. The number of rotatable bonds is 11. The molecule has 312 valence electrons. The molecule has 61 heavy (non-hydrogen) atoms. The summed E-state index contributed by atoms with van der Waals surface area (Å²) < 4.78 is 26.1. The van der Waals surface area contributed by atoms with Crippen molar-refractivity contribution < 1.29 is 33.0 Å². The monoisotopic (exact) mass is 826 g/mol. The summed E-state index contributed by atoms with van der Waals surface area (Å²) in [5.41, 5.74) is 3.64. The second kappa shape index (κ2) is 17.8. The van der Waals surface area contributed by atoms with Gasteiger partial charge >= 0.3 is 12.2 Å². The molecule has 0 unspecified atom stereocenters. The summed E-state index contributed by atoms with van der Waals surface area (Å²) in [5, 5.41) is 5.08. The molecule has 4 atom stereocenters. The quantitative estimate of drug-likeness (QED) is 0.111. The van der Waals surface area contributed by atoms with Gasteiger partial charge in [-0.2, -0.15) is 0 Å². The number of carbonyl (C=O) groups excluding carboxylic acids is 4. The van der Waals surface area contributed by atoms with Gasteiger partial charge < -0.3 is 39.9 Å². The smallest absolute Gasteiger partial charge is 0.408 e. The lowest BCUT2D eigenvalue weighted by Crippen LogP contribution is -2.42. The fraction of sp³-hybridized carbons (Fsp3) is 0.273. The van der Waals surface area contributed by atoms with Gasteiger partial charge in [-0.05, 0) is 43.4 Å². The third-order valence-corrected chi connectivity index (χ3v) is 11.0. The zero-order valence-corrected chi connectivity index (χ0v) is 33.4. The number of halogens is 1. The van der Waals surface area contributed by atoms with E-state index < -0.39 is 36.2 Å². The number of ether oxygens (including phenoxy) is 2. The molecule has 0 saturated carbocycles. The molecule has 4 N–H and O–H groups in total. The van der Waals surface area contributed by atoms with Gasteiger partial charge in [-0.15, -0.1) is 0 Å². The number of aromatic amines is 2. The molecule has 2 saturated heterocycles. The first-order valence-electron chi connectivity index (χ1n) is 19.9. The second-order valence-corrected chi connectivity index (χ2v) is 14.7. The standard InChI is InChI=1S/C44H43FN10O6/c1-46-43(58)61-37(27-13-7-4-8-14-27)42(57)55-20-10-16-35(55)39-49-24-32(51-39)29-22-47-38(48-23-29)28-17-18-30(31(45)21-28)33-25-50-40(52-33)34-15-9-19-54(34)41(56)36(53-44(59)60-2)26-11-5-3-6-12-26/h3-8,11-14,17-18,21-25,34-37H,9-10,15-16,19-20H2,1-2H3,(H,46,58)(H,49,51)(H,50,52)(H,53,59)/t34-,35-,36+,37+/m0/s1. The number of carbonyl (C=O) groups is 4. The molecule has 4 amide bonds. The van der Waals surface area contributed by atoms with Crippen LogP contribution in [0.1, 0.15) is 72.7 Å². The molecule has 0 aliphatic carbocycles. The van der Waals surface area contributed by atoms with Gasteiger partial charge in [-0.25, -0.2) is 33.9 Å². The number of benzene rings is 3. The topological polar surface area (TPSA) is 200 Å². The van der Waals surface area contributed by atoms with Gasteiger partial charge in [0.2, 0.25) is 6.10 Å². The van der Waals surface area contributed by atoms with Gasteiger partial charge in [0.15, 0.2) is 5.82 Å². The van der Waals surface area contributed by atoms with Crippen molar-refractivity contribution in [2.75, 3.05) is 27.2 Å². The van der Waals surface area contributed by atoms with Crippen LogP contribution in [0, 0.1) is 5.82 Å². The molecule has 5 heterocycles. The lowest BCUT2D eigenvalue weighted by molar-refractivity contribution is -0.142. The summed E-state index contributed by atoms with van der Waals surface area (Å²) in [6.07, 6.45) is 6.65. The minimum absolute atomic E-state index is 0.282. The van der Waals surface area contributed by atoms with Crippen LogP contribution in [0.4, 0.5) is 14.0 Å². The summed E-state index contributed by atoms with van der Waals surface area (Å²) >= 11 is 0. The first-order chi connectivity index (χ1) is 29.7. The van der Waals surface area contributed by atoms with Crippen LogP contribution < -0.4 is 10.6 Å². The van der Waals surface area contributed by atoms with E-state index in [1.807, 2.05) is 12.1 Å². The Kier molecular flexibility index (Phi) is 11.8. The van der Waals surface area contributed by atoms with Gasteiger partial charge in [0, 0.05) is 54.8 Å². The number of hydrogen-bond donors (Lipinski definition) is 4.